The number of rotatable bonds is 7. The van der Waals surface area contributed by atoms with E-state index in [1.807, 2.05) is 85.8 Å². The van der Waals surface area contributed by atoms with Gasteiger partial charge in [0, 0.05) is 15.6 Å². The van der Waals surface area contributed by atoms with Crippen molar-refractivity contribution in [2.24, 2.45) is 4.99 Å². The lowest BCUT2D eigenvalue weighted by atomic mass is 10.1. The van der Waals surface area contributed by atoms with Gasteiger partial charge in [0.05, 0.1) is 10.2 Å². The normalized spacial score (nSPS) is 14.1. The number of ether oxygens (including phenoxy) is 3. The average Bonchev–Trinajstić information content (AvgIpc) is 3.24. The summed E-state index contributed by atoms with van der Waals surface area (Å²) in [6, 6.07) is 25.6. The molecule has 0 fully saturated rings. The number of benzene rings is 4. The highest BCUT2D eigenvalue weighted by Gasteiger charge is 2.25. The topological polar surface area (TPSA) is 57.1 Å². The molecule has 0 spiro atoms. The fraction of sp³-hybridized carbons (Fsp3) is 0.103. The van der Waals surface area contributed by atoms with Gasteiger partial charge in [-0.3, -0.25) is 0 Å². The molecule has 0 aromatic heterocycles. The van der Waals surface area contributed by atoms with Gasteiger partial charge in [-0.2, -0.15) is 0 Å². The van der Waals surface area contributed by atoms with E-state index in [1.165, 1.54) is 0 Å². The van der Waals surface area contributed by atoms with Crippen molar-refractivity contribution in [1.82, 2.24) is 0 Å². The summed E-state index contributed by atoms with van der Waals surface area (Å²) >= 11 is 5.78. The summed E-state index contributed by atoms with van der Waals surface area (Å²) in [7, 11) is 0. The molecule has 0 atom stereocenters. The van der Waals surface area contributed by atoms with Crippen molar-refractivity contribution < 1.29 is 19.0 Å². The third kappa shape index (κ3) is 5.32. The van der Waals surface area contributed by atoms with Gasteiger partial charge < -0.3 is 14.2 Å². The number of carbonyl (C=O) groups excluding carboxylic acids is 1. The Balaban J connectivity index is 1.43. The zero-order chi connectivity index (χ0) is 25.1. The van der Waals surface area contributed by atoms with E-state index in [0.29, 0.717) is 30.6 Å². The number of aliphatic imine (C=N–C) groups is 1. The van der Waals surface area contributed by atoms with Crippen molar-refractivity contribution in [3.8, 4) is 11.5 Å². The first kappa shape index (κ1) is 24.5. The maximum absolute atomic E-state index is 12.6. The summed E-state index contributed by atoms with van der Waals surface area (Å²) in [4.78, 5) is 17.1. The molecule has 36 heavy (non-hydrogen) atoms. The Kier molecular flexibility index (Phi) is 7.38. The fourth-order valence-corrected chi connectivity index (χ4v) is 5.03. The van der Waals surface area contributed by atoms with Crippen molar-refractivity contribution in [3.63, 3.8) is 0 Å². The van der Waals surface area contributed by atoms with Crippen LogP contribution in [-0.2, 0) is 16.1 Å². The molecule has 1 heterocycles. The first-order valence-corrected chi connectivity index (χ1v) is 13.2. The molecule has 0 saturated heterocycles. The van der Waals surface area contributed by atoms with Gasteiger partial charge in [0.15, 0.2) is 17.2 Å². The Morgan fingerprint density at radius 3 is 2.56 bits per heavy atom. The van der Waals surface area contributed by atoms with Crippen LogP contribution in [0, 0.1) is 3.57 Å². The second-order valence-electron chi connectivity index (χ2n) is 8.04. The van der Waals surface area contributed by atoms with E-state index in [0.717, 1.165) is 35.5 Å². The molecular formula is C29H21BrINO4. The van der Waals surface area contributed by atoms with Crippen LogP contribution in [0.3, 0.4) is 0 Å². The number of cyclic esters (lactones) is 1. The van der Waals surface area contributed by atoms with Crippen molar-refractivity contribution in [2.45, 2.75) is 13.5 Å². The zero-order valence-corrected chi connectivity index (χ0v) is 23.1. The highest BCUT2D eigenvalue weighted by atomic mass is 127. The van der Waals surface area contributed by atoms with E-state index in [4.69, 9.17) is 14.2 Å². The Morgan fingerprint density at radius 2 is 1.75 bits per heavy atom. The van der Waals surface area contributed by atoms with Crippen molar-refractivity contribution >= 4 is 67.2 Å². The van der Waals surface area contributed by atoms with E-state index >= 15 is 0 Å². The van der Waals surface area contributed by atoms with Crippen LogP contribution in [0.15, 0.2) is 94.0 Å². The summed E-state index contributed by atoms with van der Waals surface area (Å²) in [5.41, 5.74) is 2.79. The second kappa shape index (κ2) is 10.8. The van der Waals surface area contributed by atoms with Crippen LogP contribution in [0.2, 0.25) is 0 Å². The number of hydrogen-bond acceptors (Lipinski definition) is 5. The van der Waals surface area contributed by atoms with Crippen LogP contribution in [0.1, 0.15) is 23.6 Å². The molecule has 0 saturated carbocycles. The summed E-state index contributed by atoms with van der Waals surface area (Å²) in [6.45, 7) is 2.79. The van der Waals surface area contributed by atoms with Crippen LogP contribution in [-0.4, -0.2) is 18.5 Å². The van der Waals surface area contributed by atoms with Gasteiger partial charge in [-0.25, -0.2) is 9.79 Å². The third-order valence-electron chi connectivity index (χ3n) is 5.58. The van der Waals surface area contributed by atoms with E-state index in [2.05, 4.69) is 43.5 Å². The first-order valence-electron chi connectivity index (χ1n) is 11.4. The molecule has 0 aliphatic carbocycles. The summed E-state index contributed by atoms with van der Waals surface area (Å²) in [6.07, 6.45) is 1.71. The van der Waals surface area contributed by atoms with Crippen molar-refractivity contribution in [3.05, 3.63) is 109 Å². The van der Waals surface area contributed by atoms with Gasteiger partial charge in [0.2, 0.25) is 5.90 Å². The van der Waals surface area contributed by atoms with Gasteiger partial charge >= 0.3 is 5.97 Å². The van der Waals surface area contributed by atoms with Crippen LogP contribution in [0.5, 0.6) is 11.5 Å². The van der Waals surface area contributed by atoms with Crippen molar-refractivity contribution in [2.75, 3.05) is 6.61 Å². The molecule has 0 amide bonds. The lowest BCUT2D eigenvalue weighted by Gasteiger charge is -2.15. The highest BCUT2D eigenvalue weighted by Crippen LogP contribution is 2.36. The molecule has 1 aliphatic heterocycles. The molecule has 180 valence electrons. The van der Waals surface area contributed by atoms with Gasteiger partial charge in [-0.1, -0.05) is 64.5 Å². The minimum atomic E-state index is -0.486. The molecule has 7 heteroatoms. The Bertz CT molecular complexity index is 1530. The van der Waals surface area contributed by atoms with Crippen LogP contribution < -0.4 is 9.47 Å². The molecule has 4 aromatic rings. The maximum Gasteiger partial charge on any atom is 0.363 e. The maximum atomic E-state index is 12.6. The molecular weight excluding hydrogens is 633 g/mol. The van der Waals surface area contributed by atoms with E-state index < -0.39 is 5.97 Å². The molecule has 1 aliphatic rings. The number of nitrogens with zero attached hydrogens (tertiary/aromatic N) is 1. The monoisotopic (exact) mass is 653 g/mol. The van der Waals surface area contributed by atoms with Gasteiger partial charge in [-0.15, -0.1) is 0 Å². The van der Waals surface area contributed by atoms with E-state index in [9.17, 15) is 4.79 Å². The summed E-state index contributed by atoms with van der Waals surface area (Å²) in [5, 5.41) is 2.17. The van der Waals surface area contributed by atoms with Gasteiger partial charge in [0.25, 0.3) is 0 Å². The number of esters is 1. The van der Waals surface area contributed by atoms with Gasteiger partial charge in [-0.05, 0) is 82.3 Å². The average molecular weight is 654 g/mol. The van der Waals surface area contributed by atoms with E-state index in [1.54, 1.807) is 6.08 Å². The number of carbonyl (C=O) groups is 1. The predicted octanol–water partition coefficient (Wildman–Crippen LogP) is 7.53. The van der Waals surface area contributed by atoms with Gasteiger partial charge in [0.1, 0.15) is 6.61 Å². The first-order chi connectivity index (χ1) is 17.5. The van der Waals surface area contributed by atoms with Crippen LogP contribution in [0.25, 0.3) is 16.8 Å². The molecule has 0 bridgehead atoms. The summed E-state index contributed by atoms with van der Waals surface area (Å²) in [5.74, 6) is 1.07. The number of fused-ring (bicyclic) bond motifs is 1. The number of halogens is 2. The Hall–Kier alpha value is -3.17. The minimum absolute atomic E-state index is 0.235. The second-order valence-corrected chi connectivity index (χ2v) is 10.1. The minimum Gasteiger partial charge on any atom is -0.490 e. The van der Waals surface area contributed by atoms with Crippen LogP contribution >= 0.6 is 38.5 Å². The third-order valence-corrected chi connectivity index (χ3v) is 7.16. The molecule has 0 N–H and O–H groups in total. The zero-order valence-electron chi connectivity index (χ0n) is 19.3. The lowest BCUT2D eigenvalue weighted by molar-refractivity contribution is -0.129. The lowest BCUT2D eigenvalue weighted by Crippen LogP contribution is -2.05. The SMILES string of the molecule is CCOc1cc(/C=C2/N=C(c3ccc4ccccc4c3)OC2=O)cc(I)c1OCc1ccccc1Br. The largest absolute Gasteiger partial charge is 0.490 e. The van der Waals surface area contributed by atoms with Crippen LogP contribution in [0.4, 0.5) is 0 Å². The summed E-state index contributed by atoms with van der Waals surface area (Å²) < 4.78 is 19.4. The Labute approximate surface area is 231 Å². The smallest absolute Gasteiger partial charge is 0.363 e. The molecule has 5 nitrogen and oxygen atoms in total. The quantitative estimate of drug-likeness (QED) is 0.118. The Morgan fingerprint density at radius 1 is 0.972 bits per heavy atom. The fourth-order valence-electron chi connectivity index (χ4n) is 3.85. The van der Waals surface area contributed by atoms with E-state index in [-0.39, 0.29) is 5.70 Å². The number of hydrogen-bond donors (Lipinski definition) is 0. The standard InChI is InChI=1S/C29H21BrINO4/c1-2-34-26-15-18(13-24(31)27(26)35-17-22-9-5-6-10-23(22)30)14-25-29(33)36-28(32-25)21-12-11-19-7-3-4-8-20(19)16-21/h3-16H,2,17H2,1H3/b25-14+. The highest BCUT2D eigenvalue weighted by molar-refractivity contribution is 14.1. The molecule has 4 aromatic carbocycles. The molecule has 0 radical (unpaired) electrons. The molecule has 5 rings (SSSR count). The van der Waals surface area contributed by atoms with Crippen molar-refractivity contribution in [1.29, 1.82) is 0 Å². The molecule has 0 unspecified atom stereocenters. The predicted molar refractivity (Wildman–Crippen MR) is 153 cm³/mol.